The number of ketones is 1. The van der Waals surface area contributed by atoms with Crippen molar-refractivity contribution in [2.45, 2.75) is 6.04 Å². The van der Waals surface area contributed by atoms with Gasteiger partial charge in [0.1, 0.15) is 11.5 Å². The van der Waals surface area contributed by atoms with Crippen molar-refractivity contribution in [3.63, 3.8) is 0 Å². The normalized spacial score (nSPS) is 18.9. The molecule has 1 aliphatic rings. The lowest BCUT2D eigenvalue weighted by molar-refractivity contribution is -0.140. The fourth-order valence-electron chi connectivity index (χ4n) is 3.10. The van der Waals surface area contributed by atoms with Crippen LogP contribution in [0.5, 0.6) is 5.75 Å². The number of nitrogens with zero attached hydrogens (tertiary/aromatic N) is 1. The molecule has 2 aromatic carbocycles. The van der Waals surface area contributed by atoms with Gasteiger partial charge in [0, 0.05) is 24.2 Å². The van der Waals surface area contributed by atoms with E-state index in [-0.39, 0.29) is 30.2 Å². The molecule has 3 rings (SSSR count). The molecule has 0 radical (unpaired) electrons. The highest BCUT2D eigenvalue weighted by molar-refractivity contribution is 6.46. The predicted octanol–water partition coefficient (Wildman–Crippen LogP) is 3.11. The van der Waals surface area contributed by atoms with E-state index in [4.69, 9.17) is 16.3 Å². The summed E-state index contributed by atoms with van der Waals surface area (Å²) >= 11 is 5.88. The third-order valence-electron chi connectivity index (χ3n) is 4.38. The van der Waals surface area contributed by atoms with Crippen LogP contribution in [0.25, 0.3) is 5.76 Å². The quantitative estimate of drug-likeness (QED) is 0.467. The highest BCUT2D eigenvalue weighted by Crippen LogP contribution is 2.40. The number of ether oxygens (including phenoxy) is 1. The van der Waals surface area contributed by atoms with E-state index in [9.17, 15) is 19.8 Å². The van der Waals surface area contributed by atoms with Crippen molar-refractivity contribution in [1.29, 1.82) is 0 Å². The summed E-state index contributed by atoms with van der Waals surface area (Å²) in [7, 11) is 1.49. The van der Waals surface area contributed by atoms with Crippen molar-refractivity contribution >= 4 is 29.1 Å². The average Bonchev–Trinajstić information content (AvgIpc) is 2.91. The second-order valence-electron chi connectivity index (χ2n) is 6.09. The second-order valence-corrected chi connectivity index (χ2v) is 6.52. The molecule has 7 heteroatoms. The van der Waals surface area contributed by atoms with Crippen LogP contribution in [-0.2, 0) is 14.3 Å². The Morgan fingerprint density at radius 2 is 1.89 bits per heavy atom. The van der Waals surface area contributed by atoms with E-state index in [1.807, 2.05) is 0 Å². The maximum atomic E-state index is 12.7. The Labute approximate surface area is 161 Å². The van der Waals surface area contributed by atoms with Gasteiger partial charge in [0.2, 0.25) is 0 Å². The summed E-state index contributed by atoms with van der Waals surface area (Å²) in [5, 5.41) is 21.1. The lowest BCUT2D eigenvalue weighted by atomic mass is 9.95. The molecule has 1 atom stereocenters. The first-order chi connectivity index (χ1) is 12.9. The molecule has 0 spiro atoms. The fourth-order valence-corrected chi connectivity index (χ4v) is 3.23. The van der Waals surface area contributed by atoms with Crippen molar-refractivity contribution in [2.24, 2.45) is 0 Å². The minimum absolute atomic E-state index is 0.00341. The zero-order chi connectivity index (χ0) is 19.6. The number of amides is 1. The number of rotatable bonds is 5. The van der Waals surface area contributed by atoms with Crippen molar-refractivity contribution < 1.29 is 24.5 Å². The monoisotopic (exact) mass is 387 g/mol. The van der Waals surface area contributed by atoms with Crippen LogP contribution in [0.1, 0.15) is 17.2 Å². The number of benzene rings is 2. The Morgan fingerprint density at radius 1 is 1.19 bits per heavy atom. The molecule has 27 heavy (non-hydrogen) atoms. The summed E-state index contributed by atoms with van der Waals surface area (Å²) in [6.07, 6.45) is 0. The smallest absolute Gasteiger partial charge is 0.295 e. The van der Waals surface area contributed by atoms with E-state index < -0.39 is 17.7 Å². The number of aliphatic hydroxyl groups excluding tert-OH is 1. The number of hydrogen-bond donors (Lipinski definition) is 2. The van der Waals surface area contributed by atoms with E-state index >= 15 is 0 Å². The molecule has 1 amide bonds. The number of carbonyl (C=O) groups is 2. The van der Waals surface area contributed by atoms with E-state index in [1.165, 1.54) is 24.1 Å². The Morgan fingerprint density at radius 3 is 2.52 bits per heavy atom. The number of hydrogen-bond acceptors (Lipinski definition) is 5. The molecular formula is C20H18ClNO5. The van der Waals surface area contributed by atoms with Crippen LogP contribution < -0.4 is 0 Å². The number of Topliss-reactive ketones (excluding diaryl/α,β-unsaturated/α-hetero) is 1. The van der Waals surface area contributed by atoms with Gasteiger partial charge in [0.25, 0.3) is 11.7 Å². The minimum atomic E-state index is -0.831. The van der Waals surface area contributed by atoms with Gasteiger partial charge in [-0.2, -0.15) is 0 Å². The highest BCUT2D eigenvalue weighted by Gasteiger charge is 2.45. The molecule has 1 saturated heterocycles. The van der Waals surface area contributed by atoms with Crippen molar-refractivity contribution in [2.75, 3.05) is 20.3 Å². The molecule has 140 valence electrons. The SMILES string of the molecule is COCCN1C(=O)C(=O)/C(=C(/O)c2ccc(Cl)cc2)[C@H]1c1cccc(O)c1. The number of phenolic OH excluding ortho intramolecular Hbond substituents is 1. The molecule has 1 heterocycles. The average molecular weight is 388 g/mol. The van der Waals surface area contributed by atoms with E-state index in [0.29, 0.717) is 16.1 Å². The first-order valence-electron chi connectivity index (χ1n) is 8.26. The van der Waals surface area contributed by atoms with Gasteiger partial charge in [-0.1, -0.05) is 23.7 Å². The van der Waals surface area contributed by atoms with E-state index in [0.717, 1.165) is 0 Å². The van der Waals surface area contributed by atoms with Crippen molar-refractivity contribution in [3.05, 3.63) is 70.3 Å². The molecule has 2 aromatic rings. The third kappa shape index (κ3) is 3.67. The largest absolute Gasteiger partial charge is 0.508 e. The van der Waals surface area contributed by atoms with Crippen LogP contribution in [0.15, 0.2) is 54.1 Å². The number of carbonyl (C=O) groups excluding carboxylic acids is 2. The second kappa shape index (κ2) is 7.82. The molecule has 1 fully saturated rings. The highest BCUT2D eigenvalue weighted by atomic mass is 35.5. The van der Waals surface area contributed by atoms with Gasteiger partial charge >= 0.3 is 0 Å². The third-order valence-corrected chi connectivity index (χ3v) is 4.63. The van der Waals surface area contributed by atoms with Gasteiger partial charge in [0.05, 0.1) is 18.2 Å². The summed E-state index contributed by atoms with van der Waals surface area (Å²) in [6.45, 7) is 0.391. The van der Waals surface area contributed by atoms with Gasteiger partial charge in [-0.3, -0.25) is 9.59 Å². The lowest BCUT2D eigenvalue weighted by Gasteiger charge is -2.25. The number of aromatic hydroxyl groups is 1. The predicted molar refractivity (Wildman–Crippen MR) is 100 cm³/mol. The minimum Gasteiger partial charge on any atom is -0.508 e. The fraction of sp³-hybridized carbons (Fsp3) is 0.200. The van der Waals surface area contributed by atoms with Crippen LogP contribution in [0, 0.1) is 0 Å². The van der Waals surface area contributed by atoms with Crippen LogP contribution in [0.4, 0.5) is 0 Å². The lowest BCUT2D eigenvalue weighted by Crippen LogP contribution is -2.32. The molecule has 0 bridgehead atoms. The van der Waals surface area contributed by atoms with Gasteiger partial charge in [-0.15, -0.1) is 0 Å². The standard InChI is InChI=1S/C20H18ClNO5/c1-27-10-9-22-17(13-3-2-4-15(23)11-13)16(19(25)20(22)26)18(24)12-5-7-14(21)8-6-12/h2-8,11,17,23-24H,9-10H2,1H3/b18-16+/t17-/m1/s1. The Balaban J connectivity index is 2.16. The van der Waals surface area contributed by atoms with Gasteiger partial charge in [-0.25, -0.2) is 0 Å². The number of phenols is 1. The van der Waals surface area contributed by atoms with Gasteiger partial charge in [-0.05, 0) is 42.0 Å². The maximum Gasteiger partial charge on any atom is 0.295 e. The summed E-state index contributed by atoms with van der Waals surface area (Å²) in [6, 6.07) is 11.7. The number of methoxy groups -OCH3 is 1. The molecule has 0 saturated carbocycles. The summed E-state index contributed by atoms with van der Waals surface area (Å²) < 4.78 is 5.04. The number of aliphatic hydroxyl groups is 1. The number of likely N-dealkylation sites (tertiary alicyclic amines) is 1. The Hall–Kier alpha value is -2.83. The molecule has 0 aliphatic carbocycles. The summed E-state index contributed by atoms with van der Waals surface area (Å²) in [5.41, 5.74) is 0.846. The van der Waals surface area contributed by atoms with E-state index in [2.05, 4.69) is 0 Å². The molecule has 0 aromatic heterocycles. The van der Waals surface area contributed by atoms with Gasteiger partial charge < -0.3 is 19.8 Å². The number of halogens is 1. The van der Waals surface area contributed by atoms with Crippen LogP contribution in [0.2, 0.25) is 5.02 Å². The van der Waals surface area contributed by atoms with Crippen molar-refractivity contribution in [3.8, 4) is 5.75 Å². The molecule has 6 nitrogen and oxygen atoms in total. The Bertz CT molecular complexity index is 907. The van der Waals surface area contributed by atoms with Crippen molar-refractivity contribution in [1.82, 2.24) is 4.90 Å². The van der Waals surface area contributed by atoms with E-state index in [1.54, 1.807) is 36.4 Å². The first-order valence-corrected chi connectivity index (χ1v) is 8.64. The summed E-state index contributed by atoms with van der Waals surface area (Å²) in [5.74, 6) is -1.81. The Kier molecular flexibility index (Phi) is 5.48. The van der Waals surface area contributed by atoms with Gasteiger partial charge in [0.15, 0.2) is 0 Å². The molecule has 0 unspecified atom stereocenters. The molecule has 2 N–H and O–H groups in total. The van der Waals surface area contributed by atoms with Crippen LogP contribution in [0.3, 0.4) is 0 Å². The summed E-state index contributed by atoms with van der Waals surface area (Å²) in [4.78, 5) is 26.6. The molecule has 1 aliphatic heterocycles. The zero-order valence-electron chi connectivity index (χ0n) is 14.6. The molecular weight excluding hydrogens is 370 g/mol. The topological polar surface area (TPSA) is 87.1 Å². The first kappa shape index (κ1) is 18.9. The maximum absolute atomic E-state index is 12.7. The zero-order valence-corrected chi connectivity index (χ0v) is 15.3. The van der Waals surface area contributed by atoms with Crippen LogP contribution in [-0.4, -0.2) is 47.1 Å². The van der Waals surface area contributed by atoms with Crippen LogP contribution >= 0.6 is 11.6 Å².